The highest BCUT2D eigenvalue weighted by atomic mass is 35.5. The Balaban J connectivity index is 2.14. The van der Waals surface area contributed by atoms with Crippen LogP contribution in [-0.4, -0.2) is 4.57 Å². The van der Waals surface area contributed by atoms with E-state index < -0.39 is 0 Å². The summed E-state index contributed by atoms with van der Waals surface area (Å²) < 4.78 is 2.23. The second-order valence-corrected chi connectivity index (χ2v) is 5.94. The van der Waals surface area contributed by atoms with Gasteiger partial charge in [0, 0.05) is 28.7 Å². The first-order valence-corrected chi connectivity index (χ1v) is 7.02. The lowest BCUT2D eigenvalue weighted by atomic mass is 9.80. The van der Waals surface area contributed by atoms with E-state index in [-0.39, 0.29) is 5.54 Å². The highest BCUT2D eigenvalue weighted by molar-refractivity contribution is 6.31. The number of nitrogens with zero attached hydrogens (tertiary/aromatic N) is 1. The predicted molar refractivity (Wildman–Crippen MR) is 76.9 cm³/mol. The number of hydrogen-bond acceptors (Lipinski definition) is 1. The van der Waals surface area contributed by atoms with E-state index >= 15 is 0 Å². The number of hydrogen-bond donors (Lipinski definition) is 1. The summed E-state index contributed by atoms with van der Waals surface area (Å²) >= 11 is 6.06. The summed E-state index contributed by atoms with van der Waals surface area (Å²) in [6, 6.07) is 8.25. The molecule has 1 aliphatic carbocycles. The van der Waals surface area contributed by atoms with Crippen molar-refractivity contribution in [2.45, 2.75) is 37.6 Å². The fraction of sp³-hybridized carbons (Fsp3) is 0.467. The molecule has 0 aliphatic heterocycles. The van der Waals surface area contributed by atoms with Gasteiger partial charge in [-0.15, -0.1) is 0 Å². The van der Waals surface area contributed by atoms with Gasteiger partial charge < -0.3 is 10.3 Å². The first-order chi connectivity index (χ1) is 8.60. The van der Waals surface area contributed by atoms with Gasteiger partial charge in [-0.05, 0) is 37.1 Å². The number of nitrogens with two attached hydrogens (primary N) is 1. The molecule has 0 unspecified atom stereocenters. The molecule has 0 amide bonds. The van der Waals surface area contributed by atoms with Gasteiger partial charge in [-0.1, -0.05) is 30.9 Å². The van der Waals surface area contributed by atoms with Crippen LogP contribution in [0.1, 0.15) is 37.8 Å². The Kier molecular flexibility index (Phi) is 2.87. The lowest BCUT2D eigenvalue weighted by molar-refractivity contribution is 0.290. The van der Waals surface area contributed by atoms with Gasteiger partial charge in [0.2, 0.25) is 0 Å². The SMILES string of the molecule is Cn1c(C2(N)CCCCC2)cc2cc(Cl)ccc21. The number of benzene rings is 1. The third kappa shape index (κ3) is 1.84. The van der Waals surface area contributed by atoms with Crippen LogP contribution >= 0.6 is 11.6 Å². The van der Waals surface area contributed by atoms with Crippen LogP contribution in [0.4, 0.5) is 0 Å². The molecule has 2 nitrogen and oxygen atoms in total. The second-order valence-electron chi connectivity index (χ2n) is 5.51. The predicted octanol–water partition coefficient (Wildman–Crippen LogP) is 3.95. The van der Waals surface area contributed by atoms with Crippen LogP contribution in [0, 0.1) is 0 Å². The third-order valence-corrected chi connectivity index (χ3v) is 4.50. The normalized spacial score (nSPS) is 19.3. The minimum absolute atomic E-state index is 0.154. The van der Waals surface area contributed by atoms with E-state index in [0.717, 1.165) is 17.9 Å². The molecule has 18 heavy (non-hydrogen) atoms. The molecular formula is C15H19ClN2. The van der Waals surface area contributed by atoms with Crippen molar-refractivity contribution < 1.29 is 0 Å². The summed E-state index contributed by atoms with van der Waals surface area (Å²) in [5.74, 6) is 0. The lowest BCUT2D eigenvalue weighted by Gasteiger charge is -2.34. The number of halogens is 1. The maximum Gasteiger partial charge on any atom is 0.0563 e. The highest BCUT2D eigenvalue weighted by Gasteiger charge is 2.32. The quantitative estimate of drug-likeness (QED) is 0.829. The standard InChI is InChI=1S/C15H19ClN2/c1-18-13-6-5-12(16)9-11(13)10-14(18)15(17)7-3-2-4-8-15/h5-6,9-10H,2-4,7-8,17H2,1H3. The zero-order chi connectivity index (χ0) is 12.8. The molecule has 1 aromatic heterocycles. The van der Waals surface area contributed by atoms with E-state index in [2.05, 4.69) is 23.7 Å². The molecule has 0 saturated heterocycles. The van der Waals surface area contributed by atoms with Crippen LogP contribution in [0.5, 0.6) is 0 Å². The molecule has 1 aromatic carbocycles. The monoisotopic (exact) mass is 262 g/mol. The maximum absolute atomic E-state index is 6.63. The van der Waals surface area contributed by atoms with Crippen molar-refractivity contribution in [3.8, 4) is 0 Å². The molecule has 2 aromatic rings. The molecule has 0 spiro atoms. The van der Waals surface area contributed by atoms with Crippen molar-refractivity contribution in [3.63, 3.8) is 0 Å². The third-order valence-electron chi connectivity index (χ3n) is 4.26. The average Bonchev–Trinajstić information content (AvgIpc) is 2.68. The minimum Gasteiger partial charge on any atom is -0.346 e. The summed E-state index contributed by atoms with van der Waals surface area (Å²) in [4.78, 5) is 0. The van der Waals surface area contributed by atoms with Gasteiger partial charge in [0.05, 0.1) is 5.54 Å². The van der Waals surface area contributed by atoms with Crippen LogP contribution in [0.25, 0.3) is 10.9 Å². The Morgan fingerprint density at radius 2 is 1.89 bits per heavy atom. The maximum atomic E-state index is 6.63. The summed E-state index contributed by atoms with van der Waals surface area (Å²) in [6.07, 6.45) is 5.96. The van der Waals surface area contributed by atoms with E-state index in [4.69, 9.17) is 17.3 Å². The number of aryl methyl sites for hydroxylation is 1. The number of rotatable bonds is 1. The fourth-order valence-electron chi connectivity index (χ4n) is 3.24. The van der Waals surface area contributed by atoms with Crippen LogP contribution in [0.3, 0.4) is 0 Å². The first kappa shape index (κ1) is 12.1. The van der Waals surface area contributed by atoms with Gasteiger partial charge >= 0.3 is 0 Å². The van der Waals surface area contributed by atoms with Crippen molar-refractivity contribution in [2.75, 3.05) is 0 Å². The molecule has 1 aliphatic rings. The molecule has 1 heterocycles. The van der Waals surface area contributed by atoms with Crippen LogP contribution in [0.2, 0.25) is 5.02 Å². The van der Waals surface area contributed by atoms with Gasteiger partial charge in [-0.25, -0.2) is 0 Å². The zero-order valence-corrected chi connectivity index (χ0v) is 11.5. The summed E-state index contributed by atoms with van der Waals surface area (Å²) in [5.41, 5.74) is 8.94. The van der Waals surface area contributed by atoms with E-state index in [1.54, 1.807) is 0 Å². The first-order valence-electron chi connectivity index (χ1n) is 6.64. The van der Waals surface area contributed by atoms with Gasteiger partial charge in [0.15, 0.2) is 0 Å². The van der Waals surface area contributed by atoms with Gasteiger partial charge in [0.25, 0.3) is 0 Å². The van der Waals surface area contributed by atoms with Crippen LogP contribution in [-0.2, 0) is 12.6 Å². The molecular weight excluding hydrogens is 244 g/mol. The summed E-state index contributed by atoms with van der Waals surface area (Å²) in [5, 5.41) is 1.98. The van der Waals surface area contributed by atoms with Crippen molar-refractivity contribution in [1.29, 1.82) is 0 Å². The Morgan fingerprint density at radius 1 is 1.17 bits per heavy atom. The van der Waals surface area contributed by atoms with E-state index in [9.17, 15) is 0 Å². The molecule has 0 radical (unpaired) electrons. The average molecular weight is 263 g/mol. The van der Waals surface area contributed by atoms with E-state index in [0.29, 0.717) is 0 Å². The molecule has 1 fully saturated rings. The number of aromatic nitrogens is 1. The lowest BCUT2D eigenvalue weighted by Crippen LogP contribution is -2.40. The summed E-state index contributed by atoms with van der Waals surface area (Å²) in [6.45, 7) is 0. The smallest absolute Gasteiger partial charge is 0.0563 e. The molecule has 2 N–H and O–H groups in total. The Bertz CT molecular complexity index is 579. The van der Waals surface area contributed by atoms with Crippen molar-refractivity contribution in [3.05, 3.63) is 35.0 Å². The topological polar surface area (TPSA) is 30.9 Å². The zero-order valence-electron chi connectivity index (χ0n) is 10.7. The molecule has 1 saturated carbocycles. The molecule has 3 heteroatoms. The summed E-state index contributed by atoms with van der Waals surface area (Å²) in [7, 11) is 2.11. The fourth-order valence-corrected chi connectivity index (χ4v) is 3.42. The Labute approximate surface area is 113 Å². The largest absolute Gasteiger partial charge is 0.346 e. The number of fused-ring (bicyclic) bond motifs is 1. The van der Waals surface area contributed by atoms with Crippen LogP contribution in [0.15, 0.2) is 24.3 Å². The second kappa shape index (κ2) is 4.29. The minimum atomic E-state index is -0.154. The van der Waals surface area contributed by atoms with Crippen LogP contribution < -0.4 is 5.73 Å². The van der Waals surface area contributed by atoms with Gasteiger partial charge in [-0.2, -0.15) is 0 Å². The van der Waals surface area contributed by atoms with E-state index in [1.807, 2.05) is 12.1 Å². The van der Waals surface area contributed by atoms with Crippen molar-refractivity contribution in [1.82, 2.24) is 4.57 Å². The molecule has 3 rings (SSSR count). The highest BCUT2D eigenvalue weighted by Crippen LogP contribution is 2.37. The molecule has 0 atom stereocenters. The molecule has 96 valence electrons. The Hall–Kier alpha value is -0.990. The van der Waals surface area contributed by atoms with Crippen molar-refractivity contribution in [2.24, 2.45) is 12.8 Å². The van der Waals surface area contributed by atoms with Gasteiger partial charge in [0.1, 0.15) is 0 Å². The van der Waals surface area contributed by atoms with E-state index in [1.165, 1.54) is 35.9 Å². The van der Waals surface area contributed by atoms with Gasteiger partial charge in [-0.3, -0.25) is 0 Å². The molecule has 0 bridgehead atoms. The van der Waals surface area contributed by atoms with Crippen molar-refractivity contribution >= 4 is 22.5 Å². The Morgan fingerprint density at radius 3 is 2.61 bits per heavy atom.